The van der Waals surface area contributed by atoms with E-state index in [9.17, 15) is 13.6 Å². The van der Waals surface area contributed by atoms with Crippen LogP contribution in [0.15, 0.2) is 66.4 Å². The third-order valence-corrected chi connectivity index (χ3v) is 5.46. The molecule has 1 N–H and O–H groups in total. The first-order chi connectivity index (χ1) is 16.9. The van der Waals surface area contributed by atoms with Crippen LogP contribution in [0.5, 0.6) is 17.2 Å². The monoisotopic (exact) mass is 496 g/mol. The zero-order valence-electron chi connectivity index (χ0n) is 19.0. The lowest BCUT2D eigenvalue weighted by atomic mass is 10.1. The molecule has 9 heteroatoms. The van der Waals surface area contributed by atoms with Crippen LogP contribution < -0.4 is 24.4 Å². The highest BCUT2D eigenvalue weighted by Gasteiger charge is 2.33. The largest absolute Gasteiger partial charge is 0.496 e. The van der Waals surface area contributed by atoms with Crippen LogP contribution in [-0.2, 0) is 11.4 Å². The zero-order chi connectivity index (χ0) is 24.9. The number of hydrogen-bond acceptors (Lipinski definition) is 5. The number of benzene rings is 3. The van der Waals surface area contributed by atoms with E-state index in [-0.39, 0.29) is 29.1 Å². The zero-order valence-corrected chi connectivity index (χ0v) is 19.8. The van der Waals surface area contributed by atoms with Crippen LogP contribution in [0.1, 0.15) is 18.1 Å². The second kappa shape index (κ2) is 10.5. The molecular formula is C26H22F2N2O4S. The molecule has 0 saturated carbocycles. The van der Waals surface area contributed by atoms with Crippen molar-refractivity contribution in [2.45, 2.75) is 13.5 Å². The van der Waals surface area contributed by atoms with Crippen molar-refractivity contribution >= 4 is 35.0 Å². The lowest BCUT2D eigenvalue weighted by Gasteiger charge is -2.18. The number of anilines is 1. The van der Waals surface area contributed by atoms with Gasteiger partial charge in [0.15, 0.2) is 16.7 Å². The van der Waals surface area contributed by atoms with Crippen molar-refractivity contribution < 1.29 is 27.8 Å². The SMILES string of the molecule is CCOc1ccccc1N1C(=O)/C(=C\c2ccc(OC)c(COc3ccc(F)cc3F)c2)NC1=S. The van der Waals surface area contributed by atoms with Gasteiger partial charge in [0.1, 0.15) is 29.6 Å². The Morgan fingerprint density at radius 3 is 2.51 bits per heavy atom. The fourth-order valence-electron chi connectivity index (χ4n) is 3.59. The molecule has 0 atom stereocenters. The molecule has 0 spiro atoms. The molecule has 0 unspecified atom stereocenters. The molecule has 3 aromatic rings. The van der Waals surface area contributed by atoms with Crippen molar-refractivity contribution in [3.05, 3.63) is 89.1 Å². The standard InChI is InChI=1S/C26H22F2N2O4S/c1-3-33-24-7-5-4-6-21(24)30-25(31)20(29-26(30)35)13-16-8-10-22(32-2)17(12-16)15-34-23-11-9-18(27)14-19(23)28/h4-14H,3,15H2,1-2H3,(H,29,35)/b20-13+. The number of carbonyl (C=O) groups is 1. The summed E-state index contributed by atoms with van der Waals surface area (Å²) in [6.45, 7) is 2.27. The van der Waals surface area contributed by atoms with E-state index in [0.29, 0.717) is 34.9 Å². The second-order valence-electron chi connectivity index (χ2n) is 7.46. The predicted octanol–water partition coefficient (Wildman–Crippen LogP) is 5.21. The highest BCUT2D eigenvalue weighted by Crippen LogP contribution is 2.32. The van der Waals surface area contributed by atoms with Gasteiger partial charge in [-0.25, -0.2) is 13.7 Å². The fraction of sp³-hybridized carbons (Fsp3) is 0.154. The van der Waals surface area contributed by atoms with Gasteiger partial charge in [0, 0.05) is 11.6 Å². The van der Waals surface area contributed by atoms with Crippen LogP contribution in [-0.4, -0.2) is 24.7 Å². The quantitative estimate of drug-likeness (QED) is 0.341. The molecule has 3 aromatic carbocycles. The number of halogens is 2. The molecule has 1 amide bonds. The number of rotatable bonds is 8. The van der Waals surface area contributed by atoms with Crippen LogP contribution in [0.3, 0.4) is 0 Å². The normalized spacial score (nSPS) is 14.3. The lowest BCUT2D eigenvalue weighted by Crippen LogP contribution is -2.30. The third kappa shape index (κ3) is 5.25. The van der Waals surface area contributed by atoms with Gasteiger partial charge in [0.2, 0.25) is 0 Å². The molecule has 6 nitrogen and oxygen atoms in total. The number of ether oxygens (including phenoxy) is 3. The number of amides is 1. The van der Waals surface area contributed by atoms with Crippen LogP contribution in [0.2, 0.25) is 0 Å². The Hall–Kier alpha value is -3.98. The highest BCUT2D eigenvalue weighted by molar-refractivity contribution is 7.80. The molecule has 1 aliphatic rings. The van der Waals surface area contributed by atoms with E-state index in [1.165, 1.54) is 18.1 Å². The molecule has 0 aliphatic carbocycles. The number of thiocarbonyl (C=S) groups is 1. The van der Waals surface area contributed by atoms with Gasteiger partial charge in [0.25, 0.3) is 5.91 Å². The Kier molecular flexibility index (Phi) is 7.26. The van der Waals surface area contributed by atoms with Gasteiger partial charge >= 0.3 is 0 Å². The molecular weight excluding hydrogens is 474 g/mol. The number of nitrogens with zero attached hydrogens (tertiary/aromatic N) is 1. The summed E-state index contributed by atoms with van der Waals surface area (Å²) in [5, 5.41) is 3.19. The Balaban J connectivity index is 1.59. The molecule has 1 saturated heterocycles. The maximum Gasteiger partial charge on any atom is 0.281 e. The summed E-state index contributed by atoms with van der Waals surface area (Å²) in [6.07, 6.45) is 1.65. The minimum Gasteiger partial charge on any atom is -0.496 e. The molecule has 0 aromatic heterocycles. The molecule has 4 rings (SSSR count). The van der Waals surface area contributed by atoms with Gasteiger partial charge < -0.3 is 19.5 Å². The van der Waals surface area contributed by atoms with Crippen molar-refractivity contribution in [2.24, 2.45) is 0 Å². The average Bonchev–Trinajstić information content (AvgIpc) is 3.11. The average molecular weight is 497 g/mol. The first-order valence-electron chi connectivity index (χ1n) is 10.7. The summed E-state index contributed by atoms with van der Waals surface area (Å²) in [5.74, 6) is -0.841. The number of para-hydroxylation sites is 2. The van der Waals surface area contributed by atoms with Crippen molar-refractivity contribution in [1.82, 2.24) is 5.32 Å². The number of carbonyl (C=O) groups excluding carboxylic acids is 1. The fourth-order valence-corrected chi connectivity index (χ4v) is 3.88. The highest BCUT2D eigenvalue weighted by atomic mass is 32.1. The summed E-state index contributed by atoms with van der Waals surface area (Å²) in [7, 11) is 1.50. The lowest BCUT2D eigenvalue weighted by molar-refractivity contribution is -0.113. The second-order valence-corrected chi connectivity index (χ2v) is 7.85. The topological polar surface area (TPSA) is 60.0 Å². The first-order valence-corrected chi connectivity index (χ1v) is 11.2. The molecule has 1 fully saturated rings. The molecule has 0 bridgehead atoms. The van der Waals surface area contributed by atoms with E-state index in [0.717, 1.165) is 12.1 Å². The summed E-state index contributed by atoms with van der Waals surface area (Å²) in [5.41, 5.74) is 2.10. The van der Waals surface area contributed by atoms with E-state index >= 15 is 0 Å². The predicted molar refractivity (Wildman–Crippen MR) is 132 cm³/mol. The molecule has 1 aliphatic heterocycles. The van der Waals surface area contributed by atoms with Gasteiger partial charge in [-0.3, -0.25) is 4.79 Å². The first kappa shape index (κ1) is 24.2. The Morgan fingerprint density at radius 1 is 1.00 bits per heavy atom. The smallest absolute Gasteiger partial charge is 0.281 e. The number of methoxy groups -OCH3 is 1. The van der Waals surface area contributed by atoms with Crippen molar-refractivity contribution in [3.8, 4) is 17.2 Å². The summed E-state index contributed by atoms with van der Waals surface area (Å²) in [6, 6.07) is 15.5. The Morgan fingerprint density at radius 2 is 1.77 bits per heavy atom. The number of nitrogens with one attached hydrogen (secondary N) is 1. The molecule has 0 radical (unpaired) electrons. The van der Waals surface area contributed by atoms with Gasteiger partial charge in [-0.2, -0.15) is 0 Å². The Bertz CT molecular complexity index is 1310. The van der Waals surface area contributed by atoms with Gasteiger partial charge in [-0.1, -0.05) is 18.2 Å². The van der Waals surface area contributed by atoms with Crippen LogP contribution in [0.4, 0.5) is 14.5 Å². The van der Waals surface area contributed by atoms with Gasteiger partial charge in [-0.15, -0.1) is 0 Å². The van der Waals surface area contributed by atoms with Crippen molar-refractivity contribution in [1.29, 1.82) is 0 Å². The minimum atomic E-state index is -0.802. The molecule has 35 heavy (non-hydrogen) atoms. The van der Waals surface area contributed by atoms with E-state index in [2.05, 4.69) is 5.32 Å². The minimum absolute atomic E-state index is 0.0314. The van der Waals surface area contributed by atoms with E-state index < -0.39 is 11.6 Å². The van der Waals surface area contributed by atoms with Crippen LogP contribution in [0, 0.1) is 11.6 Å². The van der Waals surface area contributed by atoms with Crippen molar-refractivity contribution in [3.63, 3.8) is 0 Å². The van der Waals surface area contributed by atoms with E-state index in [1.807, 2.05) is 13.0 Å². The third-order valence-electron chi connectivity index (χ3n) is 5.18. The van der Waals surface area contributed by atoms with Gasteiger partial charge in [-0.05, 0) is 67.2 Å². The maximum atomic E-state index is 13.9. The van der Waals surface area contributed by atoms with Crippen LogP contribution in [0.25, 0.3) is 6.08 Å². The van der Waals surface area contributed by atoms with Crippen molar-refractivity contribution in [2.75, 3.05) is 18.6 Å². The number of hydrogen-bond donors (Lipinski definition) is 1. The van der Waals surface area contributed by atoms with Gasteiger partial charge in [0.05, 0.1) is 19.4 Å². The Labute approximate surface area is 206 Å². The molecule has 180 valence electrons. The summed E-state index contributed by atoms with van der Waals surface area (Å²) >= 11 is 5.41. The van der Waals surface area contributed by atoms with E-state index in [4.69, 9.17) is 26.4 Å². The summed E-state index contributed by atoms with van der Waals surface area (Å²) < 4.78 is 43.6. The maximum absolute atomic E-state index is 13.9. The summed E-state index contributed by atoms with van der Waals surface area (Å²) in [4.78, 5) is 14.6. The van der Waals surface area contributed by atoms with Crippen LogP contribution >= 0.6 is 12.2 Å². The molecule has 1 heterocycles. The van der Waals surface area contributed by atoms with E-state index in [1.54, 1.807) is 42.5 Å².